The van der Waals surface area contributed by atoms with Gasteiger partial charge in [0.2, 0.25) is 15.9 Å². The Labute approximate surface area is 184 Å². The van der Waals surface area contributed by atoms with E-state index >= 15 is 0 Å². The third-order valence-corrected chi connectivity index (χ3v) is 7.78. The summed E-state index contributed by atoms with van der Waals surface area (Å²) in [6.07, 6.45) is -4.12. The van der Waals surface area contributed by atoms with Gasteiger partial charge in [-0.1, -0.05) is 18.2 Å². The molecule has 0 radical (unpaired) electrons. The number of carbonyl (C=O) groups is 1. The van der Waals surface area contributed by atoms with E-state index in [0.717, 1.165) is 28.1 Å². The molecule has 0 N–H and O–H groups in total. The maximum Gasteiger partial charge on any atom is 0.416 e. The molecule has 1 atom stereocenters. The van der Waals surface area contributed by atoms with Gasteiger partial charge in [0.05, 0.1) is 16.5 Å². The Kier molecular flexibility index (Phi) is 6.94. The van der Waals surface area contributed by atoms with Gasteiger partial charge in [0, 0.05) is 26.1 Å². The summed E-state index contributed by atoms with van der Waals surface area (Å²) in [5.41, 5.74) is -0.258. The first kappa shape index (κ1) is 24.2. The van der Waals surface area contributed by atoms with Crippen LogP contribution in [-0.2, 0) is 21.0 Å². The van der Waals surface area contributed by atoms with Crippen molar-refractivity contribution in [1.29, 1.82) is 0 Å². The highest BCUT2D eigenvalue weighted by molar-refractivity contribution is 7.89. The zero-order valence-corrected chi connectivity index (χ0v) is 18.5. The number of halogens is 4. The summed E-state index contributed by atoms with van der Waals surface area (Å²) in [4.78, 5) is 14.1. The van der Waals surface area contributed by atoms with Gasteiger partial charge in [-0.05, 0) is 55.7 Å². The third-order valence-electron chi connectivity index (χ3n) is 5.88. The molecule has 2 aromatic rings. The predicted molar refractivity (Wildman–Crippen MR) is 111 cm³/mol. The zero-order chi connectivity index (χ0) is 23.7. The molecule has 174 valence electrons. The fourth-order valence-corrected chi connectivity index (χ4v) is 5.28. The first-order valence-corrected chi connectivity index (χ1v) is 11.5. The molecule has 1 saturated heterocycles. The lowest BCUT2D eigenvalue weighted by Crippen LogP contribution is -2.44. The first-order valence-electron chi connectivity index (χ1n) is 10.1. The Morgan fingerprint density at radius 1 is 1.09 bits per heavy atom. The topological polar surface area (TPSA) is 57.7 Å². The van der Waals surface area contributed by atoms with Gasteiger partial charge in [-0.25, -0.2) is 12.8 Å². The summed E-state index contributed by atoms with van der Waals surface area (Å²) >= 11 is 0. The molecule has 0 bridgehead atoms. The van der Waals surface area contributed by atoms with E-state index in [1.807, 2.05) is 6.92 Å². The van der Waals surface area contributed by atoms with Crippen molar-refractivity contribution in [2.45, 2.75) is 36.9 Å². The number of nitrogens with zero attached hydrogens (tertiary/aromatic N) is 2. The van der Waals surface area contributed by atoms with Crippen LogP contribution in [0.4, 0.5) is 17.6 Å². The Bertz CT molecular complexity index is 1060. The molecule has 0 aliphatic carbocycles. The minimum atomic E-state index is -4.64. The monoisotopic (exact) mass is 472 g/mol. The van der Waals surface area contributed by atoms with Crippen molar-refractivity contribution in [2.75, 3.05) is 20.1 Å². The molecule has 2 aromatic carbocycles. The van der Waals surface area contributed by atoms with Gasteiger partial charge < -0.3 is 4.90 Å². The molecule has 1 aliphatic heterocycles. The van der Waals surface area contributed by atoms with Crippen LogP contribution in [0.2, 0.25) is 0 Å². The van der Waals surface area contributed by atoms with E-state index in [-0.39, 0.29) is 43.7 Å². The number of hydrogen-bond donors (Lipinski definition) is 0. The highest BCUT2D eigenvalue weighted by Crippen LogP contribution is 2.32. The van der Waals surface area contributed by atoms with E-state index in [0.29, 0.717) is 6.07 Å². The SMILES string of the molecule is CC(c1ccc(F)cc1)N(C)C(=O)C1CCN(S(=O)(=O)c2cccc(C(F)(F)F)c2)CC1. The van der Waals surface area contributed by atoms with Crippen molar-refractivity contribution in [2.24, 2.45) is 5.92 Å². The molecular weight excluding hydrogens is 448 g/mol. The van der Waals surface area contributed by atoms with Crippen LogP contribution in [0.3, 0.4) is 0 Å². The number of benzene rings is 2. The summed E-state index contributed by atoms with van der Waals surface area (Å²) in [5.74, 6) is -0.932. The van der Waals surface area contributed by atoms with Crippen LogP contribution in [0.5, 0.6) is 0 Å². The normalized spacial score (nSPS) is 17.2. The standard InChI is InChI=1S/C22H24F4N2O3S/c1-15(16-6-8-19(23)9-7-16)27(2)21(29)17-10-12-28(13-11-17)32(30,31)20-5-3-4-18(14-20)22(24,25)26/h3-9,14-15,17H,10-13H2,1-2H3. The molecule has 0 aromatic heterocycles. The van der Waals surface area contributed by atoms with E-state index < -0.39 is 32.6 Å². The number of hydrogen-bond acceptors (Lipinski definition) is 3. The molecule has 5 nitrogen and oxygen atoms in total. The predicted octanol–water partition coefficient (Wildman–Crippen LogP) is 4.46. The number of piperidine rings is 1. The molecule has 1 fully saturated rings. The van der Waals surface area contributed by atoms with Crippen molar-refractivity contribution < 1.29 is 30.8 Å². The van der Waals surface area contributed by atoms with Crippen molar-refractivity contribution in [3.8, 4) is 0 Å². The van der Waals surface area contributed by atoms with Gasteiger partial charge in [-0.2, -0.15) is 17.5 Å². The van der Waals surface area contributed by atoms with E-state index in [9.17, 15) is 30.8 Å². The highest BCUT2D eigenvalue weighted by Gasteiger charge is 2.36. The maximum atomic E-state index is 13.1. The Balaban J connectivity index is 1.66. The molecule has 10 heteroatoms. The number of amides is 1. The summed E-state index contributed by atoms with van der Waals surface area (Å²) in [5, 5.41) is 0. The van der Waals surface area contributed by atoms with E-state index in [1.165, 1.54) is 12.1 Å². The zero-order valence-electron chi connectivity index (χ0n) is 17.6. The Hall–Kier alpha value is -2.46. The molecule has 32 heavy (non-hydrogen) atoms. The summed E-state index contributed by atoms with van der Waals surface area (Å²) in [7, 11) is -2.46. The fraction of sp³-hybridized carbons (Fsp3) is 0.409. The summed E-state index contributed by atoms with van der Waals surface area (Å²) < 4.78 is 78.8. The van der Waals surface area contributed by atoms with Crippen LogP contribution in [0.1, 0.15) is 36.9 Å². The molecule has 3 rings (SSSR count). The minimum absolute atomic E-state index is 0.0355. The van der Waals surface area contributed by atoms with Gasteiger partial charge in [0.1, 0.15) is 5.82 Å². The smallest absolute Gasteiger partial charge is 0.339 e. The highest BCUT2D eigenvalue weighted by atomic mass is 32.2. The fourth-order valence-electron chi connectivity index (χ4n) is 3.77. The second-order valence-corrected chi connectivity index (χ2v) is 9.82. The van der Waals surface area contributed by atoms with Crippen molar-refractivity contribution in [3.63, 3.8) is 0 Å². The summed E-state index contributed by atoms with van der Waals surface area (Å²) in [6.45, 7) is 1.89. The first-order chi connectivity index (χ1) is 14.9. The molecule has 1 amide bonds. The van der Waals surface area contributed by atoms with Crippen LogP contribution in [0.25, 0.3) is 0 Å². The van der Waals surface area contributed by atoms with Crippen molar-refractivity contribution >= 4 is 15.9 Å². The van der Waals surface area contributed by atoms with Gasteiger partial charge >= 0.3 is 6.18 Å². The lowest BCUT2D eigenvalue weighted by molar-refractivity contribution is -0.138. The Morgan fingerprint density at radius 2 is 1.69 bits per heavy atom. The second-order valence-electron chi connectivity index (χ2n) is 7.88. The molecular formula is C22H24F4N2O3S. The number of sulfonamides is 1. The maximum absolute atomic E-state index is 13.1. The third kappa shape index (κ3) is 5.12. The van der Waals surface area contributed by atoms with Crippen molar-refractivity contribution in [3.05, 3.63) is 65.5 Å². The lowest BCUT2D eigenvalue weighted by Gasteiger charge is -2.34. The van der Waals surface area contributed by atoms with Crippen LogP contribution in [-0.4, -0.2) is 43.7 Å². The number of alkyl halides is 3. The quantitative estimate of drug-likeness (QED) is 0.604. The van der Waals surface area contributed by atoms with Crippen molar-refractivity contribution in [1.82, 2.24) is 9.21 Å². The van der Waals surface area contributed by atoms with Gasteiger partial charge in [0.25, 0.3) is 0 Å². The largest absolute Gasteiger partial charge is 0.416 e. The van der Waals surface area contributed by atoms with Crippen LogP contribution >= 0.6 is 0 Å². The van der Waals surface area contributed by atoms with Gasteiger partial charge in [-0.3, -0.25) is 4.79 Å². The average Bonchev–Trinajstić information content (AvgIpc) is 2.77. The number of rotatable bonds is 5. The van der Waals surface area contributed by atoms with Crippen LogP contribution in [0, 0.1) is 11.7 Å². The van der Waals surface area contributed by atoms with Crippen LogP contribution in [0.15, 0.2) is 53.4 Å². The second kappa shape index (κ2) is 9.19. The summed E-state index contributed by atoms with van der Waals surface area (Å²) in [6, 6.07) is 9.21. The Morgan fingerprint density at radius 3 is 2.25 bits per heavy atom. The van der Waals surface area contributed by atoms with E-state index in [2.05, 4.69) is 0 Å². The lowest BCUT2D eigenvalue weighted by atomic mass is 9.95. The molecule has 0 saturated carbocycles. The minimum Gasteiger partial charge on any atom is -0.339 e. The van der Waals surface area contributed by atoms with E-state index in [1.54, 1.807) is 24.1 Å². The number of carbonyl (C=O) groups excluding carboxylic acids is 1. The van der Waals surface area contributed by atoms with Gasteiger partial charge in [-0.15, -0.1) is 0 Å². The van der Waals surface area contributed by atoms with Crippen LogP contribution < -0.4 is 0 Å². The molecule has 1 heterocycles. The van der Waals surface area contributed by atoms with E-state index in [4.69, 9.17) is 0 Å². The average molecular weight is 473 g/mol. The van der Waals surface area contributed by atoms with Gasteiger partial charge in [0.15, 0.2) is 0 Å². The molecule has 0 spiro atoms. The molecule has 1 unspecified atom stereocenters. The molecule has 1 aliphatic rings.